The van der Waals surface area contributed by atoms with E-state index in [2.05, 4.69) is 38.2 Å². The first-order chi connectivity index (χ1) is 10.9. The first kappa shape index (κ1) is 17.4. The van der Waals surface area contributed by atoms with E-state index >= 15 is 0 Å². The van der Waals surface area contributed by atoms with Crippen LogP contribution in [0.25, 0.3) is 0 Å². The molecule has 2 aromatic rings. The molecule has 0 saturated carbocycles. The molecule has 0 heterocycles. The molecule has 0 unspecified atom stereocenters. The van der Waals surface area contributed by atoms with Gasteiger partial charge < -0.3 is 10.1 Å². The van der Waals surface area contributed by atoms with Gasteiger partial charge in [-0.3, -0.25) is 4.79 Å². The lowest BCUT2D eigenvalue weighted by Crippen LogP contribution is -2.31. The van der Waals surface area contributed by atoms with Gasteiger partial charge in [0.15, 0.2) is 6.61 Å². The molecule has 1 N–H and O–H groups in total. The Bertz CT molecular complexity index is 713. The zero-order valence-electron chi connectivity index (χ0n) is 13.9. The van der Waals surface area contributed by atoms with Crippen LogP contribution in [-0.4, -0.2) is 12.5 Å². The Labute approximate surface area is 142 Å². The molecule has 4 heteroatoms. The van der Waals surface area contributed by atoms with Gasteiger partial charge in [-0.1, -0.05) is 35.9 Å². The molecule has 1 amide bonds. The Morgan fingerprint density at radius 1 is 1.13 bits per heavy atom. The maximum atomic E-state index is 12.1. The van der Waals surface area contributed by atoms with Gasteiger partial charge in [0.2, 0.25) is 0 Å². The van der Waals surface area contributed by atoms with E-state index in [9.17, 15) is 4.79 Å². The van der Waals surface area contributed by atoms with Crippen LogP contribution in [0.5, 0.6) is 5.75 Å². The largest absolute Gasteiger partial charge is 0.482 e. The van der Waals surface area contributed by atoms with E-state index in [1.807, 2.05) is 19.1 Å². The molecule has 2 aromatic carbocycles. The standard InChI is InChI=1S/C19H22ClNO2/c1-12-9-14(3)16(10-13(12)2)15(4)21-19(22)11-23-18-8-6-5-7-17(18)20/h5-10,15H,11H2,1-4H3,(H,21,22)/t15-/m0/s1. The van der Waals surface area contributed by atoms with Crippen LogP contribution in [0, 0.1) is 20.8 Å². The quantitative estimate of drug-likeness (QED) is 0.874. The van der Waals surface area contributed by atoms with Crippen molar-refractivity contribution in [3.05, 3.63) is 63.7 Å². The summed E-state index contributed by atoms with van der Waals surface area (Å²) in [5.41, 5.74) is 4.78. The molecule has 0 bridgehead atoms. The van der Waals surface area contributed by atoms with Crippen LogP contribution in [0.4, 0.5) is 0 Å². The van der Waals surface area contributed by atoms with E-state index in [-0.39, 0.29) is 18.6 Å². The Morgan fingerprint density at radius 2 is 1.78 bits per heavy atom. The molecule has 122 valence electrons. The number of ether oxygens (including phenoxy) is 1. The SMILES string of the molecule is Cc1cc(C)c([C@H](C)NC(=O)COc2ccccc2Cl)cc1C. The monoisotopic (exact) mass is 331 g/mol. The fourth-order valence-corrected chi connectivity index (χ4v) is 2.71. The minimum atomic E-state index is -0.171. The average molecular weight is 332 g/mol. The fourth-order valence-electron chi connectivity index (χ4n) is 2.52. The van der Waals surface area contributed by atoms with Crippen molar-refractivity contribution in [1.29, 1.82) is 0 Å². The second-order valence-corrected chi connectivity index (χ2v) is 6.21. The minimum Gasteiger partial charge on any atom is -0.482 e. The normalized spacial score (nSPS) is 11.9. The summed E-state index contributed by atoms with van der Waals surface area (Å²) in [4.78, 5) is 12.1. The predicted molar refractivity (Wildman–Crippen MR) is 94.2 cm³/mol. The highest BCUT2D eigenvalue weighted by Gasteiger charge is 2.13. The van der Waals surface area contributed by atoms with Crippen LogP contribution in [0.1, 0.15) is 35.2 Å². The number of amides is 1. The van der Waals surface area contributed by atoms with E-state index in [4.69, 9.17) is 16.3 Å². The fraction of sp³-hybridized carbons (Fsp3) is 0.316. The number of para-hydroxylation sites is 1. The van der Waals surface area contributed by atoms with Crippen LogP contribution >= 0.6 is 11.6 Å². The van der Waals surface area contributed by atoms with Gasteiger partial charge in [-0.15, -0.1) is 0 Å². The zero-order valence-corrected chi connectivity index (χ0v) is 14.7. The predicted octanol–water partition coefficient (Wildman–Crippen LogP) is 4.52. The van der Waals surface area contributed by atoms with Crippen molar-refractivity contribution in [2.24, 2.45) is 0 Å². The molecule has 3 nitrogen and oxygen atoms in total. The van der Waals surface area contributed by atoms with Crippen LogP contribution in [-0.2, 0) is 4.79 Å². The number of hydrogen-bond donors (Lipinski definition) is 1. The second kappa shape index (κ2) is 7.51. The number of carbonyl (C=O) groups is 1. The van der Waals surface area contributed by atoms with Crippen LogP contribution < -0.4 is 10.1 Å². The first-order valence-corrected chi connectivity index (χ1v) is 8.00. The van der Waals surface area contributed by atoms with Crippen molar-refractivity contribution in [3.63, 3.8) is 0 Å². The number of hydrogen-bond acceptors (Lipinski definition) is 2. The Hall–Kier alpha value is -2.00. The van der Waals surface area contributed by atoms with Crippen molar-refractivity contribution in [3.8, 4) is 5.75 Å². The summed E-state index contributed by atoms with van der Waals surface area (Å²) in [7, 11) is 0. The van der Waals surface area contributed by atoms with Gasteiger partial charge in [0.05, 0.1) is 11.1 Å². The third-order valence-corrected chi connectivity index (χ3v) is 4.23. The van der Waals surface area contributed by atoms with Gasteiger partial charge in [0.25, 0.3) is 5.91 Å². The molecule has 2 rings (SSSR count). The van der Waals surface area contributed by atoms with E-state index in [1.165, 1.54) is 16.7 Å². The van der Waals surface area contributed by atoms with Crippen molar-refractivity contribution in [2.45, 2.75) is 33.7 Å². The summed E-state index contributed by atoms with van der Waals surface area (Å²) in [6.07, 6.45) is 0. The molecule has 0 radical (unpaired) electrons. The number of carbonyl (C=O) groups excluding carboxylic acids is 1. The molecular weight excluding hydrogens is 310 g/mol. The number of aryl methyl sites for hydroxylation is 3. The maximum Gasteiger partial charge on any atom is 0.258 e. The summed E-state index contributed by atoms with van der Waals surface area (Å²) in [5.74, 6) is 0.342. The molecule has 23 heavy (non-hydrogen) atoms. The summed E-state index contributed by atoms with van der Waals surface area (Å²) < 4.78 is 5.46. The van der Waals surface area contributed by atoms with Gasteiger partial charge >= 0.3 is 0 Å². The Morgan fingerprint density at radius 3 is 2.48 bits per heavy atom. The van der Waals surface area contributed by atoms with E-state index in [0.717, 1.165) is 5.56 Å². The van der Waals surface area contributed by atoms with Crippen molar-refractivity contribution < 1.29 is 9.53 Å². The highest BCUT2D eigenvalue weighted by atomic mass is 35.5. The van der Waals surface area contributed by atoms with E-state index < -0.39 is 0 Å². The molecule has 0 aromatic heterocycles. The molecule has 0 aliphatic rings. The lowest BCUT2D eigenvalue weighted by molar-refractivity contribution is -0.123. The molecule has 0 aliphatic carbocycles. The van der Waals surface area contributed by atoms with Crippen LogP contribution in [0.3, 0.4) is 0 Å². The molecule has 0 saturated heterocycles. The van der Waals surface area contributed by atoms with Gasteiger partial charge in [0.1, 0.15) is 5.75 Å². The van der Waals surface area contributed by atoms with Gasteiger partial charge in [-0.05, 0) is 62.1 Å². The number of halogens is 1. The van der Waals surface area contributed by atoms with E-state index in [1.54, 1.807) is 12.1 Å². The van der Waals surface area contributed by atoms with Crippen LogP contribution in [0.2, 0.25) is 5.02 Å². The third-order valence-electron chi connectivity index (χ3n) is 3.92. The maximum absolute atomic E-state index is 12.1. The van der Waals surface area contributed by atoms with Gasteiger partial charge in [-0.2, -0.15) is 0 Å². The zero-order chi connectivity index (χ0) is 17.0. The molecular formula is C19H22ClNO2. The van der Waals surface area contributed by atoms with Gasteiger partial charge in [0, 0.05) is 0 Å². The van der Waals surface area contributed by atoms with Crippen LogP contribution in [0.15, 0.2) is 36.4 Å². The molecule has 1 atom stereocenters. The topological polar surface area (TPSA) is 38.3 Å². The second-order valence-electron chi connectivity index (χ2n) is 5.80. The average Bonchev–Trinajstić information content (AvgIpc) is 2.50. The smallest absolute Gasteiger partial charge is 0.258 e. The number of benzene rings is 2. The molecule has 0 aliphatic heterocycles. The summed E-state index contributed by atoms with van der Waals surface area (Å²) in [5, 5.41) is 3.46. The summed E-state index contributed by atoms with van der Waals surface area (Å²) in [6, 6.07) is 11.3. The highest BCUT2D eigenvalue weighted by Crippen LogP contribution is 2.23. The number of rotatable bonds is 5. The van der Waals surface area contributed by atoms with Crippen molar-refractivity contribution in [1.82, 2.24) is 5.32 Å². The highest BCUT2D eigenvalue weighted by molar-refractivity contribution is 6.32. The lowest BCUT2D eigenvalue weighted by Gasteiger charge is -2.18. The van der Waals surface area contributed by atoms with Crippen molar-refractivity contribution in [2.75, 3.05) is 6.61 Å². The Balaban J connectivity index is 1.97. The van der Waals surface area contributed by atoms with Crippen molar-refractivity contribution >= 4 is 17.5 Å². The molecule has 0 fully saturated rings. The van der Waals surface area contributed by atoms with E-state index in [0.29, 0.717) is 10.8 Å². The summed E-state index contributed by atoms with van der Waals surface area (Å²) >= 11 is 6.01. The van der Waals surface area contributed by atoms with Gasteiger partial charge in [-0.25, -0.2) is 0 Å². The lowest BCUT2D eigenvalue weighted by atomic mass is 9.96. The molecule has 0 spiro atoms. The Kier molecular flexibility index (Phi) is 5.67. The minimum absolute atomic E-state index is 0.0576. The summed E-state index contributed by atoms with van der Waals surface area (Å²) in [6.45, 7) is 8.15. The number of nitrogens with one attached hydrogen (secondary N) is 1. The third kappa shape index (κ3) is 4.49. The first-order valence-electron chi connectivity index (χ1n) is 7.63.